The van der Waals surface area contributed by atoms with Crippen molar-refractivity contribution in [3.63, 3.8) is 0 Å². The van der Waals surface area contributed by atoms with Crippen molar-refractivity contribution in [3.8, 4) is 5.88 Å². The molecule has 0 N–H and O–H groups in total. The van der Waals surface area contributed by atoms with Crippen LogP contribution in [0.4, 0.5) is 0 Å². The molecule has 0 aliphatic carbocycles. The second kappa shape index (κ2) is 3.18. The highest BCUT2D eigenvalue weighted by Crippen LogP contribution is 2.09. The van der Waals surface area contributed by atoms with Crippen LogP contribution >= 0.6 is 0 Å². The monoisotopic (exact) mass is 154 g/mol. The van der Waals surface area contributed by atoms with Crippen molar-refractivity contribution in [3.05, 3.63) is 11.8 Å². The van der Waals surface area contributed by atoms with Gasteiger partial charge in [0.15, 0.2) is 6.29 Å². The minimum Gasteiger partial charge on any atom is -0.478 e. The van der Waals surface area contributed by atoms with Gasteiger partial charge >= 0.3 is 0 Å². The molecule has 0 aliphatic rings. The topological polar surface area (TPSA) is 44.1 Å². The Morgan fingerprint density at radius 1 is 1.82 bits per heavy atom. The molecule has 0 saturated carbocycles. The molecule has 60 valence electrons. The number of aldehydes is 1. The van der Waals surface area contributed by atoms with Crippen LogP contribution in [0.15, 0.2) is 6.07 Å². The van der Waals surface area contributed by atoms with Gasteiger partial charge in [0.2, 0.25) is 5.88 Å². The molecule has 4 nitrogen and oxygen atoms in total. The number of carbonyl (C=O) groups is 1. The highest BCUT2D eigenvalue weighted by Gasteiger charge is 2.02. The average Bonchev–Trinajstić information content (AvgIpc) is 2.33. The Labute approximate surface area is 64.8 Å². The molecule has 0 amide bonds. The Balaban J connectivity index is 2.87. The van der Waals surface area contributed by atoms with Crippen molar-refractivity contribution in [2.24, 2.45) is 7.05 Å². The molecule has 0 spiro atoms. The molecule has 0 unspecified atom stereocenters. The van der Waals surface area contributed by atoms with Gasteiger partial charge in [-0.3, -0.25) is 4.79 Å². The predicted molar refractivity (Wildman–Crippen MR) is 39.8 cm³/mol. The van der Waals surface area contributed by atoms with E-state index in [1.54, 1.807) is 13.1 Å². The van der Waals surface area contributed by atoms with Crippen molar-refractivity contribution in [1.82, 2.24) is 9.78 Å². The van der Waals surface area contributed by atoms with Gasteiger partial charge in [0.05, 0.1) is 6.61 Å². The molecule has 0 atom stereocenters. The molecule has 0 bridgehead atoms. The normalized spacial score (nSPS) is 9.64. The quantitative estimate of drug-likeness (QED) is 0.600. The Kier molecular flexibility index (Phi) is 2.25. The predicted octanol–water partition coefficient (Wildman–Crippen LogP) is 0.631. The fourth-order valence-corrected chi connectivity index (χ4v) is 0.812. The van der Waals surface area contributed by atoms with Crippen LogP contribution < -0.4 is 4.74 Å². The SMILES string of the molecule is CCOc1cc(C=O)nn1C. The van der Waals surface area contributed by atoms with Gasteiger partial charge < -0.3 is 4.74 Å². The maximum Gasteiger partial charge on any atom is 0.212 e. The zero-order valence-corrected chi connectivity index (χ0v) is 6.57. The molecule has 1 heterocycles. The van der Waals surface area contributed by atoms with Gasteiger partial charge in [0.25, 0.3) is 0 Å². The van der Waals surface area contributed by atoms with E-state index < -0.39 is 0 Å². The lowest BCUT2D eigenvalue weighted by molar-refractivity contribution is 0.111. The van der Waals surface area contributed by atoms with E-state index in [9.17, 15) is 4.79 Å². The van der Waals surface area contributed by atoms with Gasteiger partial charge in [-0.05, 0) is 6.92 Å². The van der Waals surface area contributed by atoms with Crippen molar-refractivity contribution >= 4 is 6.29 Å². The highest BCUT2D eigenvalue weighted by atomic mass is 16.5. The minimum atomic E-state index is 0.399. The fourth-order valence-electron chi connectivity index (χ4n) is 0.812. The Morgan fingerprint density at radius 3 is 3.00 bits per heavy atom. The largest absolute Gasteiger partial charge is 0.478 e. The molecule has 0 aromatic carbocycles. The van der Waals surface area contributed by atoms with E-state index in [2.05, 4.69) is 5.10 Å². The molecule has 4 heteroatoms. The first-order valence-electron chi connectivity index (χ1n) is 3.40. The van der Waals surface area contributed by atoms with Crippen LogP contribution in [0.2, 0.25) is 0 Å². The minimum absolute atomic E-state index is 0.399. The number of aryl methyl sites for hydroxylation is 1. The van der Waals surface area contributed by atoms with E-state index >= 15 is 0 Å². The Morgan fingerprint density at radius 2 is 2.55 bits per heavy atom. The van der Waals surface area contributed by atoms with E-state index in [0.717, 1.165) is 0 Å². The lowest BCUT2D eigenvalue weighted by atomic mass is 10.5. The van der Waals surface area contributed by atoms with Gasteiger partial charge in [0.1, 0.15) is 5.69 Å². The summed E-state index contributed by atoms with van der Waals surface area (Å²) < 4.78 is 6.70. The number of carbonyl (C=O) groups excluding carboxylic acids is 1. The zero-order chi connectivity index (χ0) is 8.27. The van der Waals surface area contributed by atoms with Gasteiger partial charge in [-0.2, -0.15) is 5.10 Å². The van der Waals surface area contributed by atoms with Crippen molar-refractivity contribution < 1.29 is 9.53 Å². The zero-order valence-electron chi connectivity index (χ0n) is 6.57. The number of hydrogen-bond acceptors (Lipinski definition) is 3. The number of nitrogens with zero attached hydrogens (tertiary/aromatic N) is 2. The van der Waals surface area contributed by atoms with E-state index in [1.165, 1.54) is 4.68 Å². The summed E-state index contributed by atoms with van der Waals surface area (Å²) in [6.07, 6.45) is 0.697. The maximum absolute atomic E-state index is 10.2. The molecule has 0 fully saturated rings. The van der Waals surface area contributed by atoms with Crippen LogP contribution in [-0.2, 0) is 7.05 Å². The summed E-state index contributed by atoms with van der Waals surface area (Å²) in [5, 5.41) is 3.87. The van der Waals surface area contributed by atoms with Crippen LogP contribution in [0, 0.1) is 0 Å². The van der Waals surface area contributed by atoms with Gasteiger partial charge in [-0.15, -0.1) is 0 Å². The third kappa shape index (κ3) is 1.58. The second-order valence-corrected chi connectivity index (χ2v) is 2.08. The van der Waals surface area contributed by atoms with E-state index in [-0.39, 0.29) is 0 Å². The smallest absolute Gasteiger partial charge is 0.212 e. The van der Waals surface area contributed by atoms with Crippen molar-refractivity contribution in [1.29, 1.82) is 0 Å². The van der Waals surface area contributed by atoms with E-state index in [0.29, 0.717) is 24.5 Å². The van der Waals surface area contributed by atoms with E-state index in [4.69, 9.17) is 4.74 Å². The molecule has 1 aromatic heterocycles. The van der Waals surface area contributed by atoms with Crippen LogP contribution in [0.5, 0.6) is 5.88 Å². The summed E-state index contributed by atoms with van der Waals surface area (Å²) in [4.78, 5) is 10.2. The molecule has 0 radical (unpaired) electrons. The number of hydrogen-bond donors (Lipinski definition) is 0. The highest BCUT2D eigenvalue weighted by molar-refractivity contribution is 5.72. The van der Waals surface area contributed by atoms with Gasteiger partial charge in [-0.1, -0.05) is 0 Å². The molecule has 11 heavy (non-hydrogen) atoms. The lowest BCUT2D eigenvalue weighted by Gasteiger charge is -1.99. The molecule has 1 aromatic rings. The average molecular weight is 154 g/mol. The summed E-state index contributed by atoms with van der Waals surface area (Å²) >= 11 is 0. The summed E-state index contributed by atoms with van der Waals surface area (Å²) in [5.74, 6) is 0.620. The Hall–Kier alpha value is -1.32. The van der Waals surface area contributed by atoms with E-state index in [1.807, 2.05) is 6.92 Å². The summed E-state index contributed by atoms with van der Waals surface area (Å²) in [6, 6.07) is 1.61. The third-order valence-electron chi connectivity index (χ3n) is 1.27. The molecule has 1 rings (SSSR count). The lowest BCUT2D eigenvalue weighted by Crippen LogP contribution is -1.98. The number of aromatic nitrogens is 2. The van der Waals surface area contributed by atoms with Crippen LogP contribution in [-0.4, -0.2) is 22.7 Å². The first kappa shape index (κ1) is 7.78. The first-order valence-corrected chi connectivity index (χ1v) is 3.40. The molecule has 0 saturated heterocycles. The summed E-state index contributed by atoms with van der Waals surface area (Å²) in [6.45, 7) is 2.46. The van der Waals surface area contributed by atoms with Crippen LogP contribution in [0.25, 0.3) is 0 Å². The summed E-state index contributed by atoms with van der Waals surface area (Å²) in [7, 11) is 1.73. The standard InChI is InChI=1S/C7H10N2O2/c1-3-11-7-4-6(5-10)8-9(7)2/h4-5H,3H2,1-2H3. The summed E-state index contributed by atoms with van der Waals surface area (Å²) in [5.41, 5.74) is 0.399. The number of ether oxygens (including phenoxy) is 1. The van der Waals surface area contributed by atoms with Gasteiger partial charge in [-0.25, -0.2) is 4.68 Å². The Bertz CT molecular complexity index is 255. The third-order valence-corrected chi connectivity index (χ3v) is 1.27. The fraction of sp³-hybridized carbons (Fsp3) is 0.429. The number of rotatable bonds is 3. The molecular weight excluding hydrogens is 144 g/mol. The van der Waals surface area contributed by atoms with Crippen molar-refractivity contribution in [2.45, 2.75) is 6.92 Å². The van der Waals surface area contributed by atoms with Gasteiger partial charge in [0, 0.05) is 13.1 Å². The molecular formula is C7H10N2O2. The second-order valence-electron chi connectivity index (χ2n) is 2.08. The first-order chi connectivity index (χ1) is 5.27. The van der Waals surface area contributed by atoms with Crippen molar-refractivity contribution in [2.75, 3.05) is 6.61 Å². The van der Waals surface area contributed by atoms with Crippen LogP contribution in [0.3, 0.4) is 0 Å². The maximum atomic E-state index is 10.2. The molecule has 0 aliphatic heterocycles. The van der Waals surface area contributed by atoms with Crippen LogP contribution in [0.1, 0.15) is 17.4 Å².